The Bertz CT molecular complexity index is 807. The van der Waals surface area contributed by atoms with E-state index in [0.717, 1.165) is 63.0 Å². The van der Waals surface area contributed by atoms with Crippen molar-refractivity contribution in [3.63, 3.8) is 0 Å². The highest BCUT2D eigenvalue weighted by molar-refractivity contribution is 5.97. The van der Waals surface area contributed by atoms with Gasteiger partial charge in [-0.3, -0.25) is 4.79 Å². The van der Waals surface area contributed by atoms with Gasteiger partial charge in [0, 0.05) is 56.7 Å². The summed E-state index contributed by atoms with van der Waals surface area (Å²) in [5.41, 5.74) is 1.55. The maximum absolute atomic E-state index is 12.8. The molecule has 2 aliphatic heterocycles. The number of amides is 3. The van der Waals surface area contributed by atoms with Gasteiger partial charge in [0.1, 0.15) is 5.69 Å². The topological polar surface area (TPSA) is 71.7 Å². The van der Waals surface area contributed by atoms with E-state index >= 15 is 0 Å². The van der Waals surface area contributed by atoms with E-state index in [4.69, 9.17) is 0 Å². The number of rotatable bonds is 3. The van der Waals surface area contributed by atoms with Crippen LogP contribution in [0.3, 0.4) is 0 Å². The van der Waals surface area contributed by atoms with Gasteiger partial charge < -0.3 is 25.0 Å². The fourth-order valence-corrected chi connectivity index (χ4v) is 4.13. The van der Waals surface area contributed by atoms with Gasteiger partial charge in [-0.2, -0.15) is 0 Å². The van der Waals surface area contributed by atoms with Crippen LogP contribution in [0.15, 0.2) is 30.3 Å². The number of piperidine rings is 1. The van der Waals surface area contributed by atoms with Crippen LogP contribution in [0.25, 0.3) is 10.9 Å². The van der Waals surface area contributed by atoms with E-state index in [1.54, 1.807) is 0 Å². The maximum atomic E-state index is 12.8. The van der Waals surface area contributed by atoms with Crippen LogP contribution in [0.1, 0.15) is 23.3 Å². The lowest BCUT2D eigenvalue weighted by Crippen LogP contribution is -2.54. The molecule has 0 spiro atoms. The van der Waals surface area contributed by atoms with Gasteiger partial charge in [0.2, 0.25) is 0 Å². The number of urea groups is 1. The van der Waals surface area contributed by atoms with Crippen molar-refractivity contribution in [2.45, 2.75) is 12.8 Å². The summed E-state index contributed by atoms with van der Waals surface area (Å²) in [6, 6.07) is 9.91. The molecule has 3 amide bonds. The first-order valence-corrected chi connectivity index (χ1v) is 10.2. The third-order valence-electron chi connectivity index (χ3n) is 5.89. The van der Waals surface area contributed by atoms with E-state index in [1.165, 1.54) is 0 Å². The average molecular weight is 383 g/mol. The van der Waals surface area contributed by atoms with Crippen LogP contribution in [0.2, 0.25) is 0 Å². The summed E-state index contributed by atoms with van der Waals surface area (Å²) in [6.45, 7) is 5.60. The first-order chi connectivity index (χ1) is 13.6. The Morgan fingerprint density at radius 3 is 2.68 bits per heavy atom. The van der Waals surface area contributed by atoms with Gasteiger partial charge in [0.25, 0.3) is 5.91 Å². The molecule has 150 valence electrons. The van der Waals surface area contributed by atoms with Crippen LogP contribution < -0.4 is 5.32 Å². The molecule has 1 atom stereocenters. The van der Waals surface area contributed by atoms with Crippen molar-refractivity contribution in [3.8, 4) is 0 Å². The van der Waals surface area contributed by atoms with Crippen molar-refractivity contribution in [2.24, 2.45) is 5.92 Å². The molecule has 2 aliphatic rings. The molecule has 7 heteroatoms. The summed E-state index contributed by atoms with van der Waals surface area (Å²) in [4.78, 5) is 34.7. The van der Waals surface area contributed by atoms with Crippen LogP contribution in [0.4, 0.5) is 4.79 Å². The number of likely N-dealkylation sites (tertiary alicyclic amines) is 1. The van der Waals surface area contributed by atoms with Gasteiger partial charge in [-0.1, -0.05) is 18.2 Å². The molecule has 28 heavy (non-hydrogen) atoms. The number of aromatic amines is 1. The standard InChI is InChI=1S/C21H29N5O2/c1-24-9-11-25(12-10-24)21(28)26-8-4-5-16(15-26)14-22-20(27)19-13-17-6-2-3-7-18(17)23-19/h2-3,6-7,13,16,23H,4-5,8-12,14-15H2,1H3,(H,22,27)/t16-/m1/s1. The Morgan fingerprint density at radius 1 is 1.11 bits per heavy atom. The molecule has 2 N–H and O–H groups in total. The Kier molecular flexibility index (Phi) is 5.52. The zero-order valence-corrected chi connectivity index (χ0v) is 16.5. The number of likely N-dealkylation sites (N-methyl/N-ethyl adjacent to an activating group) is 1. The van der Waals surface area contributed by atoms with E-state index in [2.05, 4.69) is 22.2 Å². The minimum absolute atomic E-state index is 0.0845. The van der Waals surface area contributed by atoms with E-state index < -0.39 is 0 Å². The van der Waals surface area contributed by atoms with Crippen molar-refractivity contribution in [1.29, 1.82) is 0 Å². The highest BCUT2D eigenvalue weighted by atomic mass is 16.2. The number of benzene rings is 1. The zero-order chi connectivity index (χ0) is 19.5. The summed E-state index contributed by atoms with van der Waals surface area (Å²) in [7, 11) is 2.09. The molecule has 7 nitrogen and oxygen atoms in total. The first-order valence-electron chi connectivity index (χ1n) is 10.2. The molecule has 1 aromatic carbocycles. The van der Waals surface area contributed by atoms with Crippen LogP contribution in [-0.4, -0.2) is 84.5 Å². The van der Waals surface area contributed by atoms with Crippen molar-refractivity contribution in [3.05, 3.63) is 36.0 Å². The molecule has 2 aromatic rings. The average Bonchev–Trinajstić information content (AvgIpc) is 3.17. The van der Waals surface area contributed by atoms with Crippen molar-refractivity contribution in [1.82, 2.24) is 25.0 Å². The molecule has 0 radical (unpaired) electrons. The van der Waals surface area contributed by atoms with Gasteiger partial charge in [0.05, 0.1) is 0 Å². The van der Waals surface area contributed by atoms with E-state index in [1.807, 2.05) is 40.1 Å². The fourth-order valence-electron chi connectivity index (χ4n) is 4.13. The van der Waals surface area contributed by atoms with Gasteiger partial charge in [-0.05, 0) is 37.9 Å². The Morgan fingerprint density at radius 2 is 1.89 bits per heavy atom. The van der Waals surface area contributed by atoms with Crippen LogP contribution in [0.5, 0.6) is 0 Å². The smallest absolute Gasteiger partial charge is 0.320 e. The quantitative estimate of drug-likeness (QED) is 0.851. The Hall–Kier alpha value is -2.54. The molecular weight excluding hydrogens is 354 g/mol. The number of aromatic nitrogens is 1. The predicted molar refractivity (Wildman–Crippen MR) is 109 cm³/mol. The number of nitrogens with zero attached hydrogens (tertiary/aromatic N) is 3. The number of carbonyl (C=O) groups excluding carboxylic acids is 2. The summed E-state index contributed by atoms with van der Waals surface area (Å²) < 4.78 is 0. The normalized spacial score (nSPS) is 21.1. The van der Waals surface area contributed by atoms with Crippen molar-refractivity contribution in [2.75, 3.05) is 52.9 Å². The highest BCUT2D eigenvalue weighted by Crippen LogP contribution is 2.19. The first kappa shape index (κ1) is 18.8. The van der Waals surface area contributed by atoms with Crippen LogP contribution >= 0.6 is 0 Å². The zero-order valence-electron chi connectivity index (χ0n) is 16.5. The number of hydrogen-bond donors (Lipinski definition) is 2. The van der Waals surface area contributed by atoms with Gasteiger partial charge >= 0.3 is 6.03 Å². The predicted octanol–water partition coefficient (Wildman–Crippen LogP) is 1.98. The van der Waals surface area contributed by atoms with Crippen molar-refractivity contribution < 1.29 is 9.59 Å². The maximum Gasteiger partial charge on any atom is 0.320 e. The van der Waals surface area contributed by atoms with Gasteiger partial charge in [-0.25, -0.2) is 4.79 Å². The molecule has 0 bridgehead atoms. The molecule has 4 rings (SSSR count). The number of fused-ring (bicyclic) bond motifs is 1. The molecule has 0 aliphatic carbocycles. The molecule has 0 unspecified atom stereocenters. The SMILES string of the molecule is CN1CCN(C(=O)N2CCC[C@H](CNC(=O)c3cc4ccccc4[nH]3)C2)CC1. The number of para-hydroxylation sites is 1. The van der Waals surface area contributed by atoms with Crippen molar-refractivity contribution >= 4 is 22.8 Å². The fraction of sp³-hybridized carbons (Fsp3) is 0.524. The number of nitrogens with one attached hydrogen (secondary N) is 2. The lowest BCUT2D eigenvalue weighted by atomic mass is 9.98. The Labute approximate surface area is 165 Å². The molecular formula is C21H29N5O2. The van der Waals surface area contributed by atoms with Gasteiger partial charge in [0.15, 0.2) is 0 Å². The van der Waals surface area contributed by atoms with Crippen LogP contribution in [0, 0.1) is 5.92 Å². The largest absolute Gasteiger partial charge is 0.351 e. The summed E-state index contributed by atoms with van der Waals surface area (Å²) in [5.74, 6) is 0.220. The summed E-state index contributed by atoms with van der Waals surface area (Å²) >= 11 is 0. The second-order valence-electron chi connectivity index (χ2n) is 8.01. The van der Waals surface area contributed by atoms with E-state index in [-0.39, 0.29) is 11.9 Å². The number of H-pyrrole nitrogens is 1. The summed E-state index contributed by atoms with van der Waals surface area (Å²) in [5, 5.41) is 4.08. The molecule has 1 aromatic heterocycles. The number of piperazine rings is 1. The highest BCUT2D eigenvalue weighted by Gasteiger charge is 2.28. The number of hydrogen-bond acceptors (Lipinski definition) is 3. The monoisotopic (exact) mass is 383 g/mol. The molecule has 0 saturated carbocycles. The molecule has 2 saturated heterocycles. The second kappa shape index (κ2) is 8.22. The molecule has 2 fully saturated rings. The third-order valence-corrected chi connectivity index (χ3v) is 5.89. The molecule has 3 heterocycles. The van der Waals surface area contributed by atoms with Crippen LogP contribution in [-0.2, 0) is 0 Å². The van der Waals surface area contributed by atoms with E-state index in [0.29, 0.717) is 18.2 Å². The Balaban J connectivity index is 1.30. The minimum Gasteiger partial charge on any atom is -0.351 e. The third kappa shape index (κ3) is 4.14. The number of carbonyl (C=O) groups is 2. The van der Waals surface area contributed by atoms with Gasteiger partial charge in [-0.15, -0.1) is 0 Å². The van der Waals surface area contributed by atoms with E-state index in [9.17, 15) is 9.59 Å². The lowest BCUT2D eigenvalue weighted by Gasteiger charge is -2.39. The summed E-state index contributed by atoms with van der Waals surface area (Å²) in [6.07, 6.45) is 2.03. The lowest BCUT2D eigenvalue weighted by molar-refractivity contribution is 0.0915. The second-order valence-corrected chi connectivity index (χ2v) is 8.01. The minimum atomic E-state index is -0.0845.